The summed E-state index contributed by atoms with van der Waals surface area (Å²) in [5.41, 5.74) is 18.7. The summed E-state index contributed by atoms with van der Waals surface area (Å²) in [5, 5.41) is 2.45. The van der Waals surface area contributed by atoms with E-state index in [0.29, 0.717) is 0 Å². The molecule has 0 amide bonds. The average Bonchev–Trinajstić information content (AvgIpc) is 3.57. The summed E-state index contributed by atoms with van der Waals surface area (Å²) in [5.74, 6) is 0. The van der Waals surface area contributed by atoms with Gasteiger partial charge >= 0.3 is 0 Å². The summed E-state index contributed by atoms with van der Waals surface area (Å²) in [6.45, 7) is 4.77. The van der Waals surface area contributed by atoms with Gasteiger partial charge in [0.05, 0.1) is 11.1 Å². The molecule has 11 rings (SSSR count). The molecular formula is C56H41N. The normalized spacial score (nSPS) is 14.1. The van der Waals surface area contributed by atoms with Crippen LogP contribution in [0.1, 0.15) is 47.2 Å². The fourth-order valence-electron chi connectivity index (χ4n) is 10.1. The van der Waals surface area contributed by atoms with Crippen molar-refractivity contribution in [2.24, 2.45) is 0 Å². The molecule has 2 aliphatic carbocycles. The number of rotatable bonds is 5. The van der Waals surface area contributed by atoms with E-state index in [0.717, 1.165) is 17.1 Å². The monoisotopic (exact) mass is 727 g/mol. The van der Waals surface area contributed by atoms with Crippen LogP contribution < -0.4 is 4.90 Å². The number of anilines is 3. The van der Waals surface area contributed by atoms with Crippen molar-refractivity contribution in [3.63, 3.8) is 0 Å². The third-order valence-corrected chi connectivity index (χ3v) is 12.7. The van der Waals surface area contributed by atoms with Crippen LogP contribution in [-0.2, 0) is 10.8 Å². The highest BCUT2D eigenvalue weighted by molar-refractivity contribution is 5.99. The van der Waals surface area contributed by atoms with Gasteiger partial charge < -0.3 is 4.90 Å². The van der Waals surface area contributed by atoms with Crippen LogP contribution in [0.5, 0.6) is 0 Å². The van der Waals surface area contributed by atoms with Crippen LogP contribution in [0.4, 0.5) is 17.1 Å². The first-order valence-corrected chi connectivity index (χ1v) is 20.0. The van der Waals surface area contributed by atoms with E-state index in [4.69, 9.17) is 0 Å². The molecule has 0 aliphatic heterocycles. The molecule has 0 fully saturated rings. The summed E-state index contributed by atoms with van der Waals surface area (Å²) in [6.07, 6.45) is 0. The first-order valence-electron chi connectivity index (χ1n) is 20.0. The topological polar surface area (TPSA) is 3.24 Å². The van der Waals surface area contributed by atoms with Gasteiger partial charge in [0.1, 0.15) is 0 Å². The fraction of sp³-hybridized carbons (Fsp3) is 0.0714. The number of benzene rings is 9. The van der Waals surface area contributed by atoms with E-state index in [9.17, 15) is 0 Å². The maximum Gasteiger partial charge on any atom is 0.0719 e. The molecule has 9 aromatic rings. The molecule has 0 aromatic heterocycles. The predicted molar refractivity (Wildman–Crippen MR) is 239 cm³/mol. The fourth-order valence-corrected chi connectivity index (χ4v) is 10.1. The number of hydrogen-bond acceptors (Lipinski definition) is 1. The van der Waals surface area contributed by atoms with Gasteiger partial charge in [-0.15, -0.1) is 0 Å². The molecule has 9 aromatic carbocycles. The van der Waals surface area contributed by atoms with Crippen LogP contribution in [-0.4, -0.2) is 0 Å². The van der Waals surface area contributed by atoms with Gasteiger partial charge in [0.25, 0.3) is 0 Å². The Hall–Kier alpha value is -6.96. The zero-order valence-electron chi connectivity index (χ0n) is 32.2. The quantitative estimate of drug-likeness (QED) is 0.171. The Morgan fingerprint density at radius 3 is 1.56 bits per heavy atom. The van der Waals surface area contributed by atoms with E-state index in [1.165, 1.54) is 77.5 Å². The highest BCUT2D eigenvalue weighted by Crippen LogP contribution is 2.62. The van der Waals surface area contributed by atoms with E-state index >= 15 is 0 Å². The van der Waals surface area contributed by atoms with Crippen molar-refractivity contribution in [1.29, 1.82) is 0 Å². The Labute approximate surface area is 335 Å². The Bertz CT molecular complexity index is 2930. The number of nitrogens with zero attached hydrogens (tertiary/aromatic N) is 1. The average molecular weight is 728 g/mol. The van der Waals surface area contributed by atoms with Crippen molar-refractivity contribution in [3.05, 3.63) is 246 Å². The largest absolute Gasteiger partial charge is 0.310 e. The Morgan fingerprint density at radius 1 is 0.333 bits per heavy atom. The number of para-hydroxylation sites is 1. The van der Waals surface area contributed by atoms with Crippen LogP contribution in [0, 0.1) is 0 Å². The van der Waals surface area contributed by atoms with E-state index < -0.39 is 5.41 Å². The molecule has 0 atom stereocenters. The van der Waals surface area contributed by atoms with Crippen molar-refractivity contribution < 1.29 is 0 Å². The molecule has 0 bridgehead atoms. The number of hydrogen-bond donors (Lipinski definition) is 0. The van der Waals surface area contributed by atoms with Crippen molar-refractivity contribution in [3.8, 4) is 33.4 Å². The van der Waals surface area contributed by atoms with Crippen LogP contribution in [0.3, 0.4) is 0 Å². The van der Waals surface area contributed by atoms with Crippen LogP contribution in [0.25, 0.3) is 44.2 Å². The summed E-state index contributed by atoms with van der Waals surface area (Å²) in [4.78, 5) is 2.38. The predicted octanol–water partition coefficient (Wildman–Crippen LogP) is 14.6. The van der Waals surface area contributed by atoms with Gasteiger partial charge in [0.15, 0.2) is 0 Å². The van der Waals surface area contributed by atoms with Crippen molar-refractivity contribution >= 4 is 27.8 Å². The second-order valence-corrected chi connectivity index (χ2v) is 16.1. The summed E-state index contributed by atoms with van der Waals surface area (Å²) in [6, 6.07) is 78.6. The highest BCUT2D eigenvalue weighted by Gasteiger charge is 2.53. The molecule has 270 valence electrons. The van der Waals surface area contributed by atoms with Crippen LogP contribution in [0.2, 0.25) is 0 Å². The van der Waals surface area contributed by atoms with Gasteiger partial charge in [-0.3, -0.25) is 0 Å². The Kier molecular flexibility index (Phi) is 7.50. The van der Waals surface area contributed by atoms with Crippen LogP contribution >= 0.6 is 0 Å². The molecule has 0 N–H and O–H groups in total. The molecule has 1 spiro atoms. The third kappa shape index (κ3) is 4.95. The lowest BCUT2D eigenvalue weighted by Gasteiger charge is -2.46. The minimum Gasteiger partial charge on any atom is -0.310 e. The lowest BCUT2D eigenvalue weighted by Crippen LogP contribution is -2.40. The van der Waals surface area contributed by atoms with Crippen molar-refractivity contribution in [2.45, 2.75) is 24.7 Å². The minimum absolute atomic E-state index is 0.117. The van der Waals surface area contributed by atoms with Gasteiger partial charge in [-0.1, -0.05) is 190 Å². The molecule has 0 saturated carbocycles. The van der Waals surface area contributed by atoms with Gasteiger partial charge in [0.2, 0.25) is 0 Å². The first kappa shape index (κ1) is 33.4. The smallest absolute Gasteiger partial charge is 0.0719 e. The molecule has 57 heavy (non-hydrogen) atoms. The second-order valence-electron chi connectivity index (χ2n) is 16.1. The zero-order chi connectivity index (χ0) is 38.1. The standard InChI is InChI=1S/C56H41N/c1-55(2)49-25-10-12-27-51(49)56(52-28-13-11-26-50(52)55)48-24-9-8-23-46(48)47-35-34-42(37-53(47)56)39-32-30-38(31-33-39)41-18-14-21-44(36-41)57(43-19-4-3-5-20-43)54-29-15-17-40-16-6-7-22-45(40)54/h3-37H,1-2H3. The zero-order valence-corrected chi connectivity index (χ0v) is 32.2. The first-order chi connectivity index (χ1) is 28.0. The van der Waals surface area contributed by atoms with E-state index in [2.05, 4.69) is 231 Å². The van der Waals surface area contributed by atoms with Crippen molar-refractivity contribution in [1.82, 2.24) is 0 Å². The molecule has 0 heterocycles. The summed E-state index contributed by atoms with van der Waals surface area (Å²) >= 11 is 0. The second kappa shape index (κ2) is 12.8. The van der Waals surface area contributed by atoms with Gasteiger partial charge in [0, 0.05) is 22.2 Å². The highest BCUT2D eigenvalue weighted by atomic mass is 15.1. The van der Waals surface area contributed by atoms with E-state index in [1.54, 1.807) is 0 Å². The van der Waals surface area contributed by atoms with E-state index in [-0.39, 0.29) is 5.41 Å². The third-order valence-electron chi connectivity index (χ3n) is 12.7. The summed E-state index contributed by atoms with van der Waals surface area (Å²) < 4.78 is 0. The molecule has 0 unspecified atom stereocenters. The lowest BCUT2D eigenvalue weighted by atomic mass is 9.55. The maximum atomic E-state index is 2.48. The number of fused-ring (bicyclic) bond motifs is 10. The van der Waals surface area contributed by atoms with Gasteiger partial charge in [-0.2, -0.15) is 0 Å². The van der Waals surface area contributed by atoms with Crippen molar-refractivity contribution in [2.75, 3.05) is 4.90 Å². The lowest BCUT2D eigenvalue weighted by molar-refractivity contribution is 0.563. The molecule has 1 heteroatoms. The van der Waals surface area contributed by atoms with Gasteiger partial charge in [-0.25, -0.2) is 0 Å². The maximum absolute atomic E-state index is 2.48. The molecule has 2 aliphatic rings. The molecular weight excluding hydrogens is 687 g/mol. The van der Waals surface area contributed by atoms with E-state index in [1.807, 2.05) is 0 Å². The molecule has 1 nitrogen and oxygen atoms in total. The Balaban J connectivity index is 1.02. The van der Waals surface area contributed by atoms with Gasteiger partial charge in [-0.05, 0) is 109 Å². The van der Waals surface area contributed by atoms with Crippen LogP contribution in [0.15, 0.2) is 212 Å². The molecule has 0 radical (unpaired) electrons. The Morgan fingerprint density at radius 2 is 0.842 bits per heavy atom. The SMILES string of the molecule is CC1(C)c2ccccc2C2(c3ccccc3-c3ccc(-c4ccc(-c5cccc(N(c6ccccc6)c6cccc7ccccc67)c5)cc4)cc32)c2ccccc21. The summed E-state index contributed by atoms with van der Waals surface area (Å²) in [7, 11) is 0. The minimum atomic E-state index is -0.403. The molecule has 0 saturated heterocycles.